The molecule has 1 fully saturated rings. The Kier molecular flexibility index (Phi) is 3.80. The predicted octanol–water partition coefficient (Wildman–Crippen LogP) is 4.83. The molecule has 1 aromatic carbocycles. The number of rotatable bonds is 2. The van der Waals surface area contributed by atoms with Gasteiger partial charge in [0.1, 0.15) is 11.6 Å². The van der Waals surface area contributed by atoms with Crippen molar-refractivity contribution in [2.75, 3.05) is 0 Å². The molecule has 88 valence electrons. The van der Waals surface area contributed by atoms with E-state index in [0.717, 1.165) is 31.7 Å². The average molecular weight is 245 g/mol. The van der Waals surface area contributed by atoms with Crippen LogP contribution in [0.3, 0.4) is 0 Å². The molecule has 16 heavy (non-hydrogen) atoms. The molecule has 1 unspecified atom stereocenters. The number of hydrogen-bond acceptors (Lipinski definition) is 0. The molecule has 0 heterocycles. The summed E-state index contributed by atoms with van der Waals surface area (Å²) in [7, 11) is 0. The maximum Gasteiger partial charge on any atom is 0.130 e. The van der Waals surface area contributed by atoms with Crippen molar-refractivity contribution in [3.8, 4) is 0 Å². The summed E-state index contributed by atoms with van der Waals surface area (Å²) in [5.74, 6) is -0.741. The Balaban J connectivity index is 2.15. The second-order valence-electron chi connectivity index (χ2n) is 4.47. The third kappa shape index (κ3) is 2.54. The molecule has 0 nitrogen and oxygen atoms in total. The van der Waals surface area contributed by atoms with E-state index in [0.29, 0.717) is 11.5 Å². The zero-order valence-electron chi connectivity index (χ0n) is 9.06. The van der Waals surface area contributed by atoms with E-state index in [2.05, 4.69) is 0 Å². The van der Waals surface area contributed by atoms with Crippen LogP contribution in [0.5, 0.6) is 0 Å². The lowest BCUT2D eigenvalue weighted by Crippen LogP contribution is -2.13. The monoisotopic (exact) mass is 244 g/mol. The van der Waals surface area contributed by atoms with Gasteiger partial charge in [-0.3, -0.25) is 0 Å². The van der Waals surface area contributed by atoms with E-state index in [-0.39, 0.29) is 5.38 Å². The lowest BCUT2D eigenvalue weighted by atomic mass is 9.84. The van der Waals surface area contributed by atoms with E-state index >= 15 is 0 Å². The van der Waals surface area contributed by atoms with E-state index in [4.69, 9.17) is 11.6 Å². The van der Waals surface area contributed by atoms with Crippen LogP contribution in [-0.4, -0.2) is 0 Å². The number of alkyl halides is 1. The summed E-state index contributed by atoms with van der Waals surface area (Å²) in [6.45, 7) is 0. The summed E-state index contributed by atoms with van der Waals surface area (Å²) in [5.41, 5.74) is 0.440. The number of halogens is 3. The average Bonchev–Trinajstić information content (AvgIpc) is 2.29. The van der Waals surface area contributed by atoms with E-state index in [1.54, 1.807) is 0 Å². The molecule has 1 aliphatic carbocycles. The van der Waals surface area contributed by atoms with Crippen LogP contribution in [0, 0.1) is 17.6 Å². The van der Waals surface area contributed by atoms with Crippen LogP contribution in [0.15, 0.2) is 18.2 Å². The largest absolute Gasteiger partial charge is 0.207 e. The van der Waals surface area contributed by atoms with Crippen LogP contribution in [0.25, 0.3) is 0 Å². The van der Waals surface area contributed by atoms with Crippen LogP contribution < -0.4 is 0 Å². The number of benzene rings is 1. The molecular weight excluding hydrogens is 230 g/mol. The molecular formula is C13H15ClF2. The van der Waals surface area contributed by atoms with Gasteiger partial charge in [0.15, 0.2) is 0 Å². The van der Waals surface area contributed by atoms with Crippen molar-refractivity contribution in [2.45, 2.75) is 37.5 Å². The van der Waals surface area contributed by atoms with Gasteiger partial charge in [-0.05, 0) is 24.8 Å². The van der Waals surface area contributed by atoms with Crippen molar-refractivity contribution in [2.24, 2.45) is 5.92 Å². The minimum Gasteiger partial charge on any atom is -0.207 e. The Morgan fingerprint density at radius 2 is 1.81 bits per heavy atom. The quantitative estimate of drug-likeness (QED) is 0.654. The highest BCUT2D eigenvalue weighted by Gasteiger charge is 2.25. The Hall–Kier alpha value is -0.630. The fourth-order valence-electron chi connectivity index (χ4n) is 2.41. The maximum absolute atomic E-state index is 13.5. The molecule has 0 spiro atoms. The molecule has 0 N–H and O–H groups in total. The van der Waals surface area contributed by atoms with Crippen molar-refractivity contribution < 1.29 is 8.78 Å². The zero-order chi connectivity index (χ0) is 11.5. The number of hydrogen-bond donors (Lipinski definition) is 0. The van der Waals surface area contributed by atoms with E-state index in [1.807, 2.05) is 0 Å². The third-order valence-corrected chi connectivity index (χ3v) is 3.91. The molecule has 0 aromatic heterocycles. The second kappa shape index (κ2) is 5.13. The Morgan fingerprint density at radius 1 is 1.12 bits per heavy atom. The molecule has 0 saturated heterocycles. The Labute approximate surface area is 99.6 Å². The van der Waals surface area contributed by atoms with Crippen LogP contribution in [-0.2, 0) is 0 Å². The van der Waals surface area contributed by atoms with E-state index in [9.17, 15) is 8.78 Å². The molecule has 3 heteroatoms. The van der Waals surface area contributed by atoms with E-state index < -0.39 is 11.6 Å². The topological polar surface area (TPSA) is 0 Å². The molecule has 1 aromatic rings. The predicted molar refractivity (Wildman–Crippen MR) is 61.5 cm³/mol. The fourth-order valence-corrected chi connectivity index (χ4v) is 2.83. The van der Waals surface area contributed by atoms with Gasteiger partial charge in [-0.1, -0.05) is 25.3 Å². The van der Waals surface area contributed by atoms with E-state index in [1.165, 1.54) is 18.6 Å². The zero-order valence-corrected chi connectivity index (χ0v) is 9.81. The molecule has 1 atom stereocenters. The summed E-state index contributed by atoms with van der Waals surface area (Å²) in [4.78, 5) is 0. The summed E-state index contributed by atoms with van der Waals surface area (Å²) in [6, 6.07) is 3.65. The molecule has 0 radical (unpaired) electrons. The summed E-state index contributed by atoms with van der Waals surface area (Å²) < 4.78 is 26.3. The van der Waals surface area contributed by atoms with Gasteiger partial charge in [0.25, 0.3) is 0 Å². The molecule has 0 aliphatic heterocycles. The molecule has 2 rings (SSSR count). The van der Waals surface area contributed by atoms with Crippen molar-refractivity contribution in [1.82, 2.24) is 0 Å². The van der Waals surface area contributed by atoms with Gasteiger partial charge in [-0.15, -0.1) is 11.6 Å². The standard InChI is InChI=1S/C13H15ClF2/c14-13(9-4-2-1-3-5-9)11-7-6-10(15)8-12(11)16/h6-9,13H,1-5H2. The first kappa shape index (κ1) is 11.8. The van der Waals surface area contributed by atoms with Crippen molar-refractivity contribution in [3.63, 3.8) is 0 Å². The minimum atomic E-state index is -0.547. The van der Waals surface area contributed by atoms with Gasteiger partial charge in [0.05, 0.1) is 5.38 Å². The first-order valence-electron chi connectivity index (χ1n) is 5.77. The highest BCUT2D eigenvalue weighted by molar-refractivity contribution is 6.21. The molecule has 0 amide bonds. The van der Waals surface area contributed by atoms with Gasteiger partial charge >= 0.3 is 0 Å². The van der Waals surface area contributed by atoms with Crippen molar-refractivity contribution in [1.29, 1.82) is 0 Å². The molecule has 0 bridgehead atoms. The van der Waals surface area contributed by atoms with Gasteiger partial charge in [-0.2, -0.15) is 0 Å². The second-order valence-corrected chi connectivity index (χ2v) is 4.94. The van der Waals surface area contributed by atoms with Crippen LogP contribution in [0.2, 0.25) is 0 Å². The van der Waals surface area contributed by atoms with Crippen LogP contribution >= 0.6 is 11.6 Å². The highest BCUT2D eigenvalue weighted by atomic mass is 35.5. The first-order chi connectivity index (χ1) is 7.68. The SMILES string of the molecule is Fc1ccc(C(Cl)C2CCCCC2)c(F)c1. The van der Waals surface area contributed by atoms with Crippen LogP contribution in [0.1, 0.15) is 43.0 Å². The Morgan fingerprint density at radius 3 is 2.44 bits per heavy atom. The van der Waals surface area contributed by atoms with Gasteiger partial charge in [0.2, 0.25) is 0 Å². The minimum absolute atomic E-state index is 0.319. The third-order valence-electron chi connectivity index (χ3n) is 3.32. The lowest BCUT2D eigenvalue weighted by Gasteiger charge is -2.26. The van der Waals surface area contributed by atoms with Gasteiger partial charge < -0.3 is 0 Å². The fraction of sp³-hybridized carbons (Fsp3) is 0.538. The summed E-state index contributed by atoms with van der Waals surface area (Å²) >= 11 is 6.28. The van der Waals surface area contributed by atoms with Crippen LogP contribution in [0.4, 0.5) is 8.78 Å². The van der Waals surface area contributed by atoms with Crippen molar-refractivity contribution in [3.05, 3.63) is 35.4 Å². The van der Waals surface area contributed by atoms with Crippen molar-refractivity contribution >= 4 is 11.6 Å². The smallest absolute Gasteiger partial charge is 0.130 e. The van der Waals surface area contributed by atoms with Gasteiger partial charge in [-0.25, -0.2) is 8.78 Å². The molecule has 1 aliphatic rings. The summed E-state index contributed by atoms with van der Waals surface area (Å²) in [6.07, 6.45) is 5.66. The normalized spacial score (nSPS) is 19.7. The molecule has 1 saturated carbocycles. The maximum atomic E-state index is 13.5. The lowest BCUT2D eigenvalue weighted by molar-refractivity contribution is 0.344. The first-order valence-corrected chi connectivity index (χ1v) is 6.21. The summed E-state index contributed by atoms with van der Waals surface area (Å²) in [5, 5.41) is -0.319. The highest BCUT2D eigenvalue weighted by Crippen LogP contribution is 2.39. The van der Waals surface area contributed by atoms with Gasteiger partial charge in [0, 0.05) is 11.6 Å². The Bertz CT molecular complexity index is 359.